The lowest BCUT2D eigenvalue weighted by Crippen LogP contribution is -2.36. The fraction of sp³-hybridized carbons (Fsp3) is 0.333. The van der Waals surface area contributed by atoms with E-state index in [2.05, 4.69) is 5.32 Å². The first-order valence-electron chi connectivity index (χ1n) is 6.23. The molecule has 2 atom stereocenters. The van der Waals surface area contributed by atoms with Gasteiger partial charge in [-0.3, -0.25) is 0 Å². The van der Waals surface area contributed by atoms with Gasteiger partial charge in [-0.1, -0.05) is 18.2 Å². The van der Waals surface area contributed by atoms with Gasteiger partial charge in [-0.15, -0.1) is 0 Å². The zero-order valence-corrected chi connectivity index (χ0v) is 11.9. The zero-order chi connectivity index (χ0) is 13.9. The minimum atomic E-state index is -0.945. The first-order chi connectivity index (χ1) is 9.00. The monoisotopic (exact) mass is 279 g/mol. The lowest BCUT2D eigenvalue weighted by atomic mass is 9.98. The molecule has 1 heterocycles. The van der Waals surface area contributed by atoms with E-state index >= 15 is 0 Å². The van der Waals surface area contributed by atoms with E-state index in [-0.39, 0.29) is 11.9 Å². The molecule has 2 nitrogen and oxygen atoms in total. The van der Waals surface area contributed by atoms with Gasteiger partial charge in [0.2, 0.25) is 0 Å². The molecule has 2 rings (SSSR count). The Bertz CT molecular complexity index is 525. The highest BCUT2D eigenvalue weighted by atomic mass is 32.1. The molecule has 0 amide bonds. The summed E-state index contributed by atoms with van der Waals surface area (Å²) in [6.07, 6.45) is 0. The highest BCUT2D eigenvalue weighted by Crippen LogP contribution is 2.24. The zero-order valence-electron chi connectivity index (χ0n) is 11.1. The van der Waals surface area contributed by atoms with Crippen LogP contribution in [0.3, 0.4) is 0 Å². The van der Waals surface area contributed by atoms with Gasteiger partial charge in [0, 0.05) is 18.2 Å². The second-order valence-electron chi connectivity index (χ2n) is 4.91. The first-order valence-corrected chi connectivity index (χ1v) is 7.18. The molecule has 0 bridgehead atoms. The number of benzene rings is 1. The summed E-state index contributed by atoms with van der Waals surface area (Å²) in [6.45, 7) is 4.03. The average Bonchev–Trinajstić information content (AvgIpc) is 2.91. The first kappa shape index (κ1) is 14.2. The van der Waals surface area contributed by atoms with Crippen LogP contribution in [-0.2, 0) is 5.60 Å². The molecule has 0 radical (unpaired) electrons. The molecule has 0 aliphatic rings. The SMILES string of the molecule is C[C@H](NC[C@](C)(O)c1ccsc1)c1ccccc1F. The molecule has 0 saturated heterocycles. The number of nitrogens with one attached hydrogen (secondary N) is 1. The predicted molar refractivity (Wildman–Crippen MR) is 76.7 cm³/mol. The van der Waals surface area contributed by atoms with Gasteiger partial charge in [0.25, 0.3) is 0 Å². The van der Waals surface area contributed by atoms with Crippen LogP contribution in [0.15, 0.2) is 41.1 Å². The summed E-state index contributed by atoms with van der Waals surface area (Å²) in [6, 6.07) is 8.45. The Balaban J connectivity index is 2.01. The number of aliphatic hydroxyl groups is 1. The quantitative estimate of drug-likeness (QED) is 0.878. The summed E-state index contributed by atoms with van der Waals surface area (Å²) in [7, 11) is 0. The average molecular weight is 279 g/mol. The van der Waals surface area contributed by atoms with E-state index in [1.807, 2.05) is 29.8 Å². The maximum atomic E-state index is 13.6. The Morgan fingerprint density at radius 2 is 2.11 bits per heavy atom. The van der Waals surface area contributed by atoms with Crippen LogP contribution in [0.1, 0.15) is 31.0 Å². The second kappa shape index (κ2) is 5.82. The molecule has 1 aromatic heterocycles. The van der Waals surface area contributed by atoms with Gasteiger partial charge >= 0.3 is 0 Å². The van der Waals surface area contributed by atoms with Crippen molar-refractivity contribution in [2.24, 2.45) is 0 Å². The maximum absolute atomic E-state index is 13.6. The van der Waals surface area contributed by atoms with Crippen molar-refractivity contribution in [1.82, 2.24) is 5.32 Å². The minimum Gasteiger partial charge on any atom is -0.384 e. The summed E-state index contributed by atoms with van der Waals surface area (Å²) in [5, 5.41) is 17.4. The van der Waals surface area contributed by atoms with Gasteiger partial charge in [0.05, 0.1) is 0 Å². The maximum Gasteiger partial charge on any atom is 0.127 e. The molecule has 0 spiro atoms. The molecular formula is C15H18FNOS. The molecule has 19 heavy (non-hydrogen) atoms. The Morgan fingerprint density at radius 3 is 2.74 bits per heavy atom. The summed E-state index contributed by atoms with van der Waals surface area (Å²) in [5.74, 6) is -0.224. The van der Waals surface area contributed by atoms with Crippen molar-refractivity contribution < 1.29 is 9.50 Å². The summed E-state index contributed by atoms with van der Waals surface area (Å²) < 4.78 is 13.6. The normalized spacial score (nSPS) is 16.0. The Morgan fingerprint density at radius 1 is 1.37 bits per heavy atom. The smallest absolute Gasteiger partial charge is 0.127 e. The molecule has 2 aromatic rings. The van der Waals surface area contributed by atoms with Crippen LogP contribution in [0.2, 0.25) is 0 Å². The van der Waals surface area contributed by atoms with E-state index in [0.717, 1.165) is 5.56 Å². The van der Waals surface area contributed by atoms with Crippen LogP contribution in [0.25, 0.3) is 0 Å². The van der Waals surface area contributed by atoms with Gasteiger partial charge < -0.3 is 10.4 Å². The van der Waals surface area contributed by atoms with E-state index in [4.69, 9.17) is 0 Å². The number of halogens is 1. The van der Waals surface area contributed by atoms with Crippen molar-refractivity contribution in [3.8, 4) is 0 Å². The van der Waals surface area contributed by atoms with Crippen molar-refractivity contribution in [2.75, 3.05) is 6.54 Å². The van der Waals surface area contributed by atoms with Crippen molar-refractivity contribution in [2.45, 2.75) is 25.5 Å². The van der Waals surface area contributed by atoms with Gasteiger partial charge in [-0.25, -0.2) is 4.39 Å². The van der Waals surface area contributed by atoms with E-state index in [9.17, 15) is 9.50 Å². The number of hydrogen-bond acceptors (Lipinski definition) is 3. The number of rotatable bonds is 5. The highest BCUT2D eigenvalue weighted by Gasteiger charge is 2.24. The Labute approximate surface area is 116 Å². The molecule has 0 aliphatic heterocycles. The molecule has 2 N–H and O–H groups in total. The largest absolute Gasteiger partial charge is 0.384 e. The van der Waals surface area contributed by atoms with Crippen LogP contribution in [-0.4, -0.2) is 11.7 Å². The lowest BCUT2D eigenvalue weighted by Gasteiger charge is -2.25. The summed E-state index contributed by atoms with van der Waals surface area (Å²) in [4.78, 5) is 0. The Kier molecular flexibility index (Phi) is 4.34. The molecular weight excluding hydrogens is 261 g/mol. The van der Waals surface area contributed by atoms with Gasteiger partial charge in [-0.2, -0.15) is 11.3 Å². The fourth-order valence-electron chi connectivity index (χ4n) is 1.96. The third-order valence-electron chi connectivity index (χ3n) is 3.27. The fourth-order valence-corrected chi connectivity index (χ4v) is 2.74. The van der Waals surface area contributed by atoms with Crippen LogP contribution in [0.5, 0.6) is 0 Å². The van der Waals surface area contributed by atoms with Gasteiger partial charge in [0.1, 0.15) is 11.4 Å². The summed E-state index contributed by atoms with van der Waals surface area (Å²) >= 11 is 1.55. The van der Waals surface area contributed by atoms with Gasteiger partial charge in [-0.05, 0) is 42.3 Å². The van der Waals surface area contributed by atoms with Crippen LogP contribution in [0.4, 0.5) is 4.39 Å². The molecule has 0 saturated carbocycles. The molecule has 1 aromatic carbocycles. The second-order valence-corrected chi connectivity index (χ2v) is 5.69. The van der Waals surface area contributed by atoms with E-state index in [1.54, 1.807) is 30.4 Å². The lowest BCUT2D eigenvalue weighted by molar-refractivity contribution is 0.0547. The third-order valence-corrected chi connectivity index (χ3v) is 3.95. The van der Waals surface area contributed by atoms with Gasteiger partial charge in [0.15, 0.2) is 0 Å². The molecule has 0 aliphatic carbocycles. The van der Waals surface area contributed by atoms with Crippen LogP contribution >= 0.6 is 11.3 Å². The predicted octanol–water partition coefficient (Wildman–Crippen LogP) is 3.45. The van der Waals surface area contributed by atoms with E-state index in [1.165, 1.54) is 6.07 Å². The Hall–Kier alpha value is -1.23. The number of thiophene rings is 1. The highest BCUT2D eigenvalue weighted by molar-refractivity contribution is 7.08. The molecule has 0 unspecified atom stereocenters. The van der Waals surface area contributed by atoms with E-state index in [0.29, 0.717) is 12.1 Å². The minimum absolute atomic E-state index is 0.147. The third kappa shape index (κ3) is 3.41. The summed E-state index contributed by atoms with van der Waals surface area (Å²) in [5.41, 5.74) is 0.550. The molecule has 0 fully saturated rings. The van der Waals surface area contributed by atoms with Crippen LogP contribution in [0, 0.1) is 5.82 Å². The van der Waals surface area contributed by atoms with Crippen molar-refractivity contribution in [3.05, 3.63) is 58.0 Å². The van der Waals surface area contributed by atoms with Crippen molar-refractivity contribution >= 4 is 11.3 Å². The van der Waals surface area contributed by atoms with Crippen molar-refractivity contribution in [1.29, 1.82) is 0 Å². The van der Waals surface area contributed by atoms with Crippen LogP contribution < -0.4 is 5.32 Å². The molecule has 102 valence electrons. The standard InChI is InChI=1S/C15H18FNOS/c1-11(13-5-3-4-6-14(13)16)17-10-15(2,18)12-7-8-19-9-12/h3-9,11,17-18H,10H2,1-2H3/t11-,15-/m0/s1. The molecule has 4 heteroatoms. The van der Waals surface area contributed by atoms with E-state index < -0.39 is 5.60 Å². The number of hydrogen-bond donors (Lipinski definition) is 2. The van der Waals surface area contributed by atoms with Crippen molar-refractivity contribution in [3.63, 3.8) is 0 Å². The topological polar surface area (TPSA) is 32.3 Å².